The summed E-state index contributed by atoms with van der Waals surface area (Å²) in [6.45, 7) is 3.11. The van der Waals surface area contributed by atoms with Gasteiger partial charge in [-0.15, -0.1) is 0 Å². The van der Waals surface area contributed by atoms with Crippen molar-refractivity contribution in [1.29, 1.82) is 0 Å². The van der Waals surface area contributed by atoms with Gasteiger partial charge in [0.2, 0.25) is 0 Å². The smallest absolute Gasteiger partial charge is 0.449 e. The number of carbonyl (C=O) groups excluding carboxylic acids is 2. The minimum atomic E-state index is -4.26. The van der Waals surface area contributed by atoms with Crippen LogP contribution in [-0.4, -0.2) is 59.4 Å². The summed E-state index contributed by atoms with van der Waals surface area (Å²) in [7, 11) is -4.26. The molecule has 0 spiro atoms. The normalized spacial score (nSPS) is 29.9. The van der Waals surface area contributed by atoms with Crippen LogP contribution in [0.4, 0.5) is 24.2 Å². The Labute approximate surface area is 244 Å². The van der Waals surface area contributed by atoms with Gasteiger partial charge in [-0.05, 0) is 37.1 Å². The van der Waals surface area contributed by atoms with Crippen molar-refractivity contribution in [3.8, 4) is 0 Å². The molecule has 14 nitrogen and oxygen atoms in total. The number of phosphoric ester groups is 1. The second-order valence-corrected chi connectivity index (χ2v) is 11.9. The third kappa shape index (κ3) is 6.88. The molecule has 43 heavy (non-hydrogen) atoms. The highest BCUT2D eigenvalue weighted by Crippen LogP contribution is 2.58. The number of ether oxygens (including phenoxy) is 4. The van der Waals surface area contributed by atoms with Crippen LogP contribution in [-0.2, 0) is 37.1 Å². The number of hydrogen-bond acceptors (Lipinski definition) is 12. The topological polar surface area (TPSA) is 163 Å². The van der Waals surface area contributed by atoms with Crippen molar-refractivity contribution >= 4 is 25.9 Å². The number of fused-ring (bicyclic) bond motifs is 1. The molecule has 17 heteroatoms. The average Bonchev–Trinajstić information content (AvgIpc) is 3.39. The lowest BCUT2D eigenvalue weighted by Crippen LogP contribution is -2.44. The summed E-state index contributed by atoms with van der Waals surface area (Å²) in [6.07, 6.45) is -2.28. The Bertz CT molecular complexity index is 1460. The van der Waals surface area contributed by atoms with Crippen LogP contribution >= 0.6 is 7.82 Å². The van der Waals surface area contributed by atoms with E-state index in [2.05, 4.69) is 10.3 Å². The lowest BCUT2D eigenvalue weighted by Gasteiger charge is -2.30. The molecule has 0 aliphatic carbocycles. The highest BCUT2D eigenvalue weighted by molar-refractivity contribution is 7.48. The quantitative estimate of drug-likeness (QED) is 0.218. The number of nitrogens with one attached hydrogen (secondary N) is 1. The van der Waals surface area contributed by atoms with Gasteiger partial charge in [0.15, 0.2) is 17.9 Å². The molecule has 1 amide bonds. The Morgan fingerprint density at radius 1 is 1.23 bits per heavy atom. The zero-order valence-electron chi connectivity index (χ0n) is 23.2. The molecule has 1 N–H and O–H groups in total. The Morgan fingerprint density at radius 3 is 2.72 bits per heavy atom. The van der Waals surface area contributed by atoms with E-state index in [4.69, 9.17) is 32.5 Å². The fourth-order valence-corrected chi connectivity index (χ4v) is 6.40. The number of hydrogen-bond donors (Lipinski definition) is 1. The highest BCUT2D eigenvalue weighted by atomic mass is 31.2. The van der Waals surface area contributed by atoms with Crippen molar-refractivity contribution < 1.29 is 55.5 Å². The number of benzene rings is 1. The molecule has 1 aromatic carbocycles. The van der Waals surface area contributed by atoms with Gasteiger partial charge in [-0.1, -0.05) is 19.8 Å². The van der Waals surface area contributed by atoms with E-state index >= 15 is 0 Å². The van der Waals surface area contributed by atoms with Gasteiger partial charge in [-0.3, -0.25) is 23.5 Å². The molecule has 3 fully saturated rings. The van der Waals surface area contributed by atoms with Gasteiger partial charge in [-0.2, -0.15) is 4.98 Å². The zero-order chi connectivity index (χ0) is 30.8. The lowest BCUT2D eigenvalue weighted by atomic mass is 9.96. The molecule has 3 aliphatic rings. The molecular weight excluding hydrogens is 599 g/mol. The molecule has 5 rings (SSSR count). The molecule has 0 radical (unpaired) electrons. The molecule has 6 atom stereocenters. The maximum absolute atomic E-state index is 13.7. The molecule has 0 saturated carbocycles. The summed E-state index contributed by atoms with van der Waals surface area (Å²) in [4.78, 5) is 40.9. The van der Waals surface area contributed by atoms with Crippen molar-refractivity contribution in [2.24, 2.45) is 0 Å². The summed E-state index contributed by atoms with van der Waals surface area (Å²) in [5.74, 6) is -1.73. The lowest BCUT2D eigenvalue weighted by molar-refractivity contribution is -0.0959. The van der Waals surface area contributed by atoms with Crippen LogP contribution in [0, 0.1) is 11.6 Å². The van der Waals surface area contributed by atoms with Crippen LogP contribution in [0.25, 0.3) is 0 Å². The predicted octanol–water partition coefficient (Wildman–Crippen LogP) is 4.75. The standard InChI is InChI=1S/C26H30F2N3O11P/c1-3-4-5-9-36-24(33)30-20-6-8-31(23(32)29-20)22-26(2)21(40-25(34)41-26)19(39-22)14-38-43(35)37-10-7-18(42-43)15-11-16(27)13-17(28)12-15/h6,8,11-13,18-19,21-22H,3-5,7,9-10,14H2,1-2H3,(H,29,30,32,33)/t18-,19+,21+,22+,26+,43?/m0/s1. The van der Waals surface area contributed by atoms with Gasteiger partial charge in [0.25, 0.3) is 0 Å². The predicted molar refractivity (Wildman–Crippen MR) is 141 cm³/mol. The van der Waals surface area contributed by atoms with Crippen molar-refractivity contribution in [2.45, 2.75) is 69.7 Å². The zero-order valence-corrected chi connectivity index (χ0v) is 24.1. The fourth-order valence-electron chi connectivity index (χ4n) is 5.01. The maximum atomic E-state index is 13.7. The summed E-state index contributed by atoms with van der Waals surface area (Å²) in [5.41, 5.74) is -2.27. The molecule has 1 unspecified atom stereocenters. The fraction of sp³-hybridized carbons (Fsp3) is 0.538. The average molecular weight is 630 g/mol. The molecule has 2 aromatic rings. The van der Waals surface area contributed by atoms with Crippen LogP contribution < -0.4 is 11.0 Å². The van der Waals surface area contributed by atoms with Crippen LogP contribution in [0.3, 0.4) is 0 Å². The Morgan fingerprint density at radius 2 is 2.00 bits per heavy atom. The van der Waals surface area contributed by atoms with Crippen LogP contribution in [0.5, 0.6) is 0 Å². The number of unbranched alkanes of at least 4 members (excludes halogenated alkanes) is 2. The van der Waals surface area contributed by atoms with Crippen LogP contribution in [0.1, 0.15) is 57.4 Å². The number of amides is 1. The number of carbonyl (C=O) groups is 2. The van der Waals surface area contributed by atoms with Gasteiger partial charge in [0, 0.05) is 18.7 Å². The first-order valence-electron chi connectivity index (χ1n) is 13.6. The number of aromatic nitrogens is 2. The Hall–Kier alpha value is -3.43. The van der Waals surface area contributed by atoms with Gasteiger partial charge >= 0.3 is 25.8 Å². The first-order valence-corrected chi connectivity index (χ1v) is 15.1. The maximum Gasteiger partial charge on any atom is 0.509 e. The van der Waals surface area contributed by atoms with E-state index < -0.39 is 74.1 Å². The van der Waals surface area contributed by atoms with E-state index in [0.717, 1.165) is 29.5 Å². The molecule has 3 saturated heterocycles. The van der Waals surface area contributed by atoms with Crippen molar-refractivity contribution in [3.05, 3.63) is 58.1 Å². The Kier molecular flexibility index (Phi) is 9.13. The van der Waals surface area contributed by atoms with Crippen molar-refractivity contribution in [2.75, 3.05) is 25.1 Å². The molecule has 1 aromatic heterocycles. The van der Waals surface area contributed by atoms with E-state index in [1.54, 1.807) is 0 Å². The SMILES string of the molecule is CCCCCOC(=O)Nc1ccn([C@@H]2O[C@H](COP3(=O)OCC[C@@H](c4cc(F)cc(F)c4)O3)[C@H]3OC(=O)O[C@]32C)c(=O)n1. The second kappa shape index (κ2) is 12.7. The molecule has 0 bridgehead atoms. The number of nitrogens with zero attached hydrogens (tertiary/aromatic N) is 2. The van der Waals surface area contributed by atoms with E-state index in [1.807, 2.05) is 6.92 Å². The summed E-state index contributed by atoms with van der Waals surface area (Å²) < 4.78 is 79.6. The molecular formula is C26H30F2N3O11P. The monoisotopic (exact) mass is 629 g/mol. The molecule has 3 aliphatic heterocycles. The van der Waals surface area contributed by atoms with Gasteiger partial charge in [0.1, 0.15) is 23.6 Å². The van der Waals surface area contributed by atoms with Gasteiger partial charge in [0.05, 0.1) is 25.9 Å². The summed E-state index contributed by atoms with van der Waals surface area (Å²) in [5, 5.41) is 2.37. The minimum absolute atomic E-state index is 0.0709. The number of rotatable bonds is 10. The van der Waals surface area contributed by atoms with E-state index in [1.165, 1.54) is 19.2 Å². The first-order chi connectivity index (χ1) is 20.5. The summed E-state index contributed by atoms with van der Waals surface area (Å²) >= 11 is 0. The number of phosphoric acid groups is 1. The summed E-state index contributed by atoms with van der Waals surface area (Å²) in [6, 6.07) is 4.13. The third-order valence-electron chi connectivity index (χ3n) is 7.06. The van der Waals surface area contributed by atoms with Crippen LogP contribution in [0.2, 0.25) is 0 Å². The first kappa shape index (κ1) is 31.0. The second-order valence-electron chi connectivity index (χ2n) is 10.2. The third-order valence-corrected chi connectivity index (χ3v) is 8.53. The van der Waals surface area contributed by atoms with E-state index in [9.17, 15) is 27.7 Å². The largest absolute Gasteiger partial charge is 0.509 e. The minimum Gasteiger partial charge on any atom is -0.449 e. The van der Waals surface area contributed by atoms with Crippen molar-refractivity contribution in [3.63, 3.8) is 0 Å². The van der Waals surface area contributed by atoms with E-state index in [-0.39, 0.29) is 31.0 Å². The number of anilines is 1. The van der Waals surface area contributed by atoms with Gasteiger partial charge < -0.3 is 18.9 Å². The Balaban J connectivity index is 1.26. The van der Waals surface area contributed by atoms with Gasteiger partial charge in [-0.25, -0.2) is 27.7 Å². The van der Waals surface area contributed by atoms with E-state index in [0.29, 0.717) is 12.5 Å². The van der Waals surface area contributed by atoms with Crippen LogP contribution in [0.15, 0.2) is 35.3 Å². The number of halogens is 2. The molecule has 4 heterocycles. The van der Waals surface area contributed by atoms with Crippen molar-refractivity contribution in [1.82, 2.24) is 9.55 Å². The molecule has 234 valence electrons. The highest BCUT2D eigenvalue weighted by Gasteiger charge is 2.64.